The molecule has 3 aromatic rings. The smallest absolute Gasteiger partial charge is 0.243 e. The van der Waals surface area contributed by atoms with E-state index in [9.17, 15) is 4.39 Å². The van der Waals surface area contributed by atoms with Crippen molar-refractivity contribution in [3.63, 3.8) is 0 Å². The Bertz CT molecular complexity index is 873. The molecule has 7 heteroatoms. The fourth-order valence-electron chi connectivity index (χ4n) is 3.14. The number of hydrazine groups is 1. The molecule has 0 saturated carbocycles. The van der Waals surface area contributed by atoms with Gasteiger partial charge in [-0.1, -0.05) is 42.5 Å². The molecule has 0 radical (unpaired) electrons. The van der Waals surface area contributed by atoms with E-state index >= 15 is 0 Å². The minimum Gasteiger partial charge on any atom is -0.353 e. The van der Waals surface area contributed by atoms with Crippen molar-refractivity contribution in [2.24, 2.45) is 5.92 Å². The fraction of sp³-hybridized carbons (Fsp3) is 0.211. The Morgan fingerprint density at radius 2 is 1.88 bits per heavy atom. The topological polar surface area (TPSA) is 74.8 Å². The van der Waals surface area contributed by atoms with Crippen molar-refractivity contribution in [1.29, 1.82) is 0 Å². The maximum absolute atomic E-state index is 14.0. The van der Waals surface area contributed by atoms with Gasteiger partial charge >= 0.3 is 0 Å². The first-order valence-corrected chi connectivity index (χ1v) is 8.53. The number of nitrogens with one attached hydrogen (secondary N) is 3. The highest BCUT2D eigenvalue weighted by molar-refractivity contribution is 5.59. The number of halogens is 1. The zero-order valence-electron chi connectivity index (χ0n) is 14.1. The van der Waals surface area contributed by atoms with Crippen LogP contribution in [-0.4, -0.2) is 28.3 Å². The Kier molecular flexibility index (Phi) is 4.81. The summed E-state index contributed by atoms with van der Waals surface area (Å²) in [5, 5.41) is 11.2. The van der Waals surface area contributed by atoms with E-state index in [0.717, 1.165) is 6.54 Å². The summed E-state index contributed by atoms with van der Waals surface area (Å²) < 4.78 is 14.0. The zero-order valence-corrected chi connectivity index (χ0v) is 14.1. The van der Waals surface area contributed by atoms with E-state index in [1.54, 1.807) is 18.2 Å². The Balaban J connectivity index is 1.47. The van der Waals surface area contributed by atoms with Crippen LogP contribution in [0, 0.1) is 11.7 Å². The van der Waals surface area contributed by atoms with Crippen LogP contribution in [0.3, 0.4) is 0 Å². The quantitative estimate of drug-likeness (QED) is 0.657. The normalized spacial score (nSPS) is 19.4. The molecule has 1 fully saturated rings. The van der Waals surface area contributed by atoms with Gasteiger partial charge in [-0.05, 0) is 17.7 Å². The Morgan fingerprint density at radius 3 is 2.73 bits per heavy atom. The molecule has 3 N–H and O–H groups in total. The molecule has 0 bridgehead atoms. The number of rotatable bonds is 5. The van der Waals surface area contributed by atoms with Crippen molar-refractivity contribution in [3.05, 3.63) is 72.2 Å². The molecule has 2 atom stereocenters. The van der Waals surface area contributed by atoms with Gasteiger partial charge in [0.2, 0.25) is 5.95 Å². The number of hydrogen-bond donors (Lipinski definition) is 3. The minimum atomic E-state index is -0.327. The van der Waals surface area contributed by atoms with Gasteiger partial charge in [0.1, 0.15) is 5.82 Å². The van der Waals surface area contributed by atoms with E-state index in [2.05, 4.69) is 43.5 Å². The van der Waals surface area contributed by atoms with Crippen LogP contribution in [0.5, 0.6) is 0 Å². The molecule has 6 nitrogen and oxygen atoms in total. The van der Waals surface area contributed by atoms with Crippen molar-refractivity contribution < 1.29 is 4.39 Å². The summed E-state index contributed by atoms with van der Waals surface area (Å²) in [7, 11) is 0. The molecule has 2 aromatic carbocycles. The van der Waals surface area contributed by atoms with Crippen molar-refractivity contribution in [3.8, 4) is 11.3 Å². The molecule has 1 saturated heterocycles. The summed E-state index contributed by atoms with van der Waals surface area (Å²) in [6.45, 7) is 1.49. The Morgan fingerprint density at radius 1 is 1.08 bits per heavy atom. The molecule has 0 aliphatic carbocycles. The van der Waals surface area contributed by atoms with Gasteiger partial charge in [0.25, 0.3) is 0 Å². The summed E-state index contributed by atoms with van der Waals surface area (Å²) in [6, 6.07) is 17.0. The summed E-state index contributed by atoms with van der Waals surface area (Å²) in [6.07, 6.45) is 1.47. The average molecular weight is 350 g/mol. The van der Waals surface area contributed by atoms with Crippen molar-refractivity contribution >= 4 is 5.95 Å². The number of aromatic nitrogens is 3. The van der Waals surface area contributed by atoms with Crippen molar-refractivity contribution in [2.75, 3.05) is 18.4 Å². The maximum atomic E-state index is 14.0. The molecule has 1 aromatic heterocycles. The standard InChI is InChI=1S/C19H19FN6/c20-16-9-5-4-8-15(16)17-12-23-26-19(24-17)21-10-14-11-22-25-18(14)13-6-2-1-3-7-13/h1-9,12,14,18,22,25H,10-11H2,(H,21,24,26). The third kappa shape index (κ3) is 3.54. The summed E-state index contributed by atoms with van der Waals surface area (Å²) >= 11 is 0. The first kappa shape index (κ1) is 16.6. The van der Waals surface area contributed by atoms with Crippen LogP contribution in [0.1, 0.15) is 11.6 Å². The van der Waals surface area contributed by atoms with E-state index in [1.165, 1.54) is 17.8 Å². The van der Waals surface area contributed by atoms with Gasteiger partial charge in [0.05, 0.1) is 17.9 Å². The molecule has 2 heterocycles. The largest absolute Gasteiger partial charge is 0.353 e. The highest BCUT2D eigenvalue weighted by Crippen LogP contribution is 2.25. The maximum Gasteiger partial charge on any atom is 0.243 e. The van der Waals surface area contributed by atoms with Crippen LogP contribution in [-0.2, 0) is 0 Å². The fourth-order valence-corrected chi connectivity index (χ4v) is 3.14. The molecule has 132 valence electrons. The molecule has 0 spiro atoms. The molecule has 0 amide bonds. The molecular weight excluding hydrogens is 331 g/mol. The van der Waals surface area contributed by atoms with Gasteiger partial charge in [0.15, 0.2) is 0 Å². The molecule has 2 unspecified atom stereocenters. The Hall–Kier alpha value is -2.90. The van der Waals surface area contributed by atoms with Crippen LogP contribution < -0.4 is 16.2 Å². The van der Waals surface area contributed by atoms with Gasteiger partial charge in [-0.25, -0.2) is 14.8 Å². The summed E-state index contributed by atoms with van der Waals surface area (Å²) in [4.78, 5) is 4.40. The van der Waals surface area contributed by atoms with Crippen LogP contribution in [0.2, 0.25) is 0 Å². The minimum absolute atomic E-state index is 0.200. The average Bonchev–Trinajstić information content (AvgIpc) is 3.16. The second-order valence-corrected chi connectivity index (χ2v) is 6.20. The van der Waals surface area contributed by atoms with Crippen LogP contribution >= 0.6 is 0 Å². The van der Waals surface area contributed by atoms with E-state index in [0.29, 0.717) is 29.7 Å². The van der Waals surface area contributed by atoms with E-state index in [-0.39, 0.29) is 11.9 Å². The highest BCUT2D eigenvalue weighted by atomic mass is 19.1. The van der Waals surface area contributed by atoms with E-state index in [4.69, 9.17) is 0 Å². The Labute approximate surface area is 150 Å². The number of hydrogen-bond acceptors (Lipinski definition) is 6. The predicted molar refractivity (Wildman–Crippen MR) is 97.5 cm³/mol. The lowest BCUT2D eigenvalue weighted by Gasteiger charge is -2.19. The van der Waals surface area contributed by atoms with Gasteiger partial charge in [0, 0.05) is 24.6 Å². The second-order valence-electron chi connectivity index (χ2n) is 6.20. The van der Waals surface area contributed by atoms with Crippen molar-refractivity contribution in [2.45, 2.75) is 6.04 Å². The lowest BCUT2D eigenvalue weighted by Crippen LogP contribution is -2.26. The number of anilines is 1. The summed E-state index contributed by atoms with van der Waals surface area (Å²) in [5.41, 5.74) is 8.61. The number of nitrogens with zero attached hydrogens (tertiary/aromatic N) is 3. The lowest BCUT2D eigenvalue weighted by molar-refractivity contribution is 0.492. The molecule has 26 heavy (non-hydrogen) atoms. The van der Waals surface area contributed by atoms with Gasteiger partial charge in [-0.3, -0.25) is 5.43 Å². The molecule has 1 aliphatic rings. The molecular formula is C19H19FN6. The zero-order chi connectivity index (χ0) is 17.8. The molecule has 1 aliphatic heterocycles. The van der Waals surface area contributed by atoms with Crippen LogP contribution in [0.25, 0.3) is 11.3 Å². The van der Waals surface area contributed by atoms with Crippen LogP contribution in [0.4, 0.5) is 10.3 Å². The number of benzene rings is 2. The van der Waals surface area contributed by atoms with Gasteiger partial charge < -0.3 is 5.32 Å². The summed E-state index contributed by atoms with van der Waals surface area (Å²) in [5.74, 6) is 0.384. The third-order valence-electron chi connectivity index (χ3n) is 4.48. The highest BCUT2D eigenvalue weighted by Gasteiger charge is 2.28. The van der Waals surface area contributed by atoms with Crippen molar-refractivity contribution in [1.82, 2.24) is 26.0 Å². The second kappa shape index (κ2) is 7.55. The molecule has 4 rings (SSSR count). The van der Waals surface area contributed by atoms with E-state index in [1.807, 2.05) is 18.2 Å². The van der Waals surface area contributed by atoms with E-state index < -0.39 is 0 Å². The van der Waals surface area contributed by atoms with Gasteiger partial charge in [-0.2, -0.15) is 5.10 Å². The van der Waals surface area contributed by atoms with Crippen LogP contribution in [0.15, 0.2) is 60.8 Å². The SMILES string of the molecule is Fc1ccccc1-c1cnnc(NCC2CNNC2c2ccccc2)n1. The monoisotopic (exact) mass is 350 g/mol. The first-order valence-electron chi connectivity index (χ1n) is 8.53. The first-order chi connectivity index (χ1) is 12.8. The predicted octanol–water partition coefficient (Wildman–Crippen LogP) is 2.55. The third-order valence-corrected chi connectivity index (χ3v) is 4.48. The lowest BCUT2D eigenvalue weighted by atomic mass is 9.95. The van der Waals surface area contributed by atoms with Gasteiger partial charge in [-0.15, -0.1) is 5.10 Å².